The van der Waals surface area contributed by atoms with Gasteiger partial charge in [-0.1, -0.05) is 0 Å². The fraction of sp³-hybridized carbons (Fsp3) is 0.727. The summed E-state index contributed by atoms with van der Waals surface area (Å²) >= 11 is 1.70. The first-order valence-electron chi connectivity index (χ1n) is 5.80. The van der Waals surface area contributed by atoms with Gasteiger partial charge in [0.1, 0.15) is 0 Å². The van der Waals surface area contributed by atoms with Crippen LogP contribution in [0.1, 0.15) is 17.1 Å². The molecule has 3 N–H and O–H groups in total. The van der Waals surface area contributed by atoms with Gasteiger partial charge in [0.25, 0.3) is 0 Å². The lowest BCUT2D eigenvalue weighted by Crippen LogP contribution is -2.22. The highest BCUT2D eigenvalue weighted by atomic mass is 32.1. The zero-order valence-corrected chi connectivity index (χ0v) is 10.3. The first-order chi connectivity index (χ1) is 7.88. The van der Waals surface area contributed by atoms with Crippen molar-refractivity contribution in [2.24, 2.45) is 11.7 Å². The van der Waals surface area contributed by atoms with Gasteiger partial charge in [0, 0.05) is 31.5 Å². The molecule has 90 valence electrons. The molecule has 1 atom stereocenters. The fourth-order valence-corrected chi connectivity index (χ4v) is 2.63. The molecule has 0 aromatic carbocycles. The summed E-state index contributed by atoms with van der Waals surface area (Å²) in [5, 5.41) is 6.69. The van der Waals surface area contributed by atoms with Crippen molar-refractivity contribution in [3.63, 3.8) is 0 Å². The number of nitrogens with two attached hydrogens (primary N) is 1. The largest absolute Gasteiger partial charge is 0.381 e. The van der Waals surface area contributed by atoms with Crippen LogP contribution in [0, 0.1) is 5.92 Å². The highest BCUT2D eigenvalue weighted by Crippen LogP contribution is 2.12. The SMILES string of the molecule is NCCc1nc(CNCC2CCOC2)cs1. The van der Waals surface area contributed by atoms with Crippen molar-refractivity contribution in [3.05, 3.63) is 16.1 Å². The molecule has 1 fully saturated rings. The number of ether oxygens (including phenoxy) is 1. The van der Waals surface area contributed by atoms with Crippen LogP contribution in [-0.2, 0) is 17.7 Å². The van der Waals surface area contributed by atoms with Crippen molar-refractivity contribution in [2.45, 2.75) is 19.4 Å². The van der Waals surface area contributed by atoms with E-state index >= 15 is 0 Å². The Morgan fingerprint density at radius 3 is 3.31 bits per heavy atom. The normalized spacial score (nSPS) is 20.4. The van der Waals surface area contributed by atoms with Crippen LogP contribution in [0.2, 0.25) is 0 Å². The number of hydrogen-bond donors (Lipinski definition) is 2. The molecule has 0 saturated carbocycles. The van der Waals surface area contributed by atoms with Gasteiger partial charge in [-0.3, -0.25) is 0 Å². The second kappa shape index (κ2) is 6.30. The van der Waals surface area contributed by atoms with E-state index in [9.17, 15) is 0 Å². The highest BCUT2D eigenvalue weighted by molar-refractivity contribution is 7.09. The average molecular weight is 241 g/mol. The molecule has 16 heavy (non-hydrogen) atoms. The summed E-state index contributed by atoms with van der Waals surface area (Å²) in [6.07, 6.45) is 2.07. The van der Waals surface area contributed by atoms with Gasteiger partial charge < -0.3 is 15.8 Å². The molecule has 2 heterocycles. The lowest BCUT2D eigenvalue weighted by atomic mass is 10.1. The lowest BCUT2D eigenvalue weighted by Gasteiger charge is -2.07. The summed E-state index contributed by atoms with van der Waals surface area (Å²) in [7, 11) is 0. The molecule has 0 radical (unpaired) electrons. The third kappa shape index (κ3) is 3.52. The van der Waals surface area contributed by atoms with Gasteiger partial charge in [0.2, 0.25) is 0 Å². The molecule has 2 rings (SSSR count). The molecule has 4 nitrogen and oxygen atoms in total. The van der Waals surface area contributed by atoms with Gasteiger partial charge >= 0.3 is 0 Å². The summed E-state index contributed by atoms with van der Waals surface area (Å²) < 4.78 is 5.33. The van der Waals surface area contributed by atoms with Crippen LogP contribution in [0.3, 0.4) is 0 Å². The van der Waals surface area contributed by atoms with Crippen LogP contribution in [0.15, 0.2) is 5.38 Å². The van der Waals surface area contributed by atoms with Crippen LogP contribution in [-0.4, -0.2) is 31.3 Å². The lowest BCUT2D eigenvalue weighted by molar-refractivity contribution is 0.185. The van der Waals surface area contributed by atoms with Crippen molar-refractivity contribution >= 4 is 11.3 Å². The first kappa shape index (κ1) is 12.0. The van der Waals surface area contributed by atoms with E-state index in [0.29, 0.717) is 12.5 Å². The maximum absolute atomic E-state index is 5.49. The zero-order valence-electron chi connectivity index (χ0n) is 9.45. The van der Waals surface area contributed by atoms with Crippen LogP contribution >= 0.6 is 11.3 Å². The summed E-state index contributed by atoms with van der Waals surface area (Å²) in [4.78, 5) is 4.51. The van der Waals surface area contributed by atoms with Gasteiger partial charge in [0.05, 0.1) is 17.3 Å². The molecule has 0 amide bonds. The monoisotopic (exact) mass is 241 g/mol. The minimum atomic E-state index is 0.680. The van der Waals surface area contributed by atoms with Crippen molar-refractivity contribution < 1.29 is 4.74 Å². The molecule has 1 unspecified atom stereocenters. The molecule has 1 saturated heterocycles. The molecule has 5 heteroatoms. The standard InChI is InChI=1S/C11H19N3OS/c12-3-1-11-14-10(8-16-11)6-13-5-9-2-4-15-7-9/h8-9,13H,1-7,12H2. The van der Waals surface area contributed by atoms with Crippen molar-refractivity contribution in [2.75, 3.05) is 26.3 Å². The third-order valence-electron chi connectivity index (χ3n) is 2.72. The summed E-state index contributed by atoms with van der Waals surface area (Å²) in [6, 6.07) is 0. The highest BCUT2D eigenvalue weighted by Gasteiger charge is 2.14. The summed E-state index contributed by atoms with van der Waals surface area (Å²) in [5.74, 6) is 0.683. The third-order valence-corrected chi connectivity index (χ3v) is 3.68. The smallest absolute Gasteiger partial charge is 0.0941 e. The molecule has 0 bridgehead atoms. The number of thiazole rings is 1. The molecular formula is C11H19N3OS. The van der Waals surface area contributed by atoms with E-state index in [1.165, 1.54) is 6.42 Å². The maximum atomic E-state index is 5.49. The van der Waals surface area contributed by atoms with Gasteiger partial charge in [-0.05, 0) is 18.9 Å². The molecular weight excluding hydrogens is 222 g/mol. The minimum Gasteiger partial charge on any atom is -0.381 e. The molecule has 0 aliphatic carbocycles. The van der Waals surface area contributed by atoms with Crippen LogP contribution in [0.5, 0.6) is 0 Å². The average Bonchev–Trinajstić information content (AvgIpc) is 2.90. The van der Waals surface area contributed by atoms with Gasteiger partial charge in [0.15, 0.2) is 0 Å². The van der Waals surface area contributed by atoms with Gasteiger partial charge in [-0.15, -0.1) is 11.3 Å². The number of aromatic nitrogens is 1. The quantitative estimate of drug-likeness (QED) is 0.772. The first-order valence-corrected chi connectivity index (χ1v) is 6.68. The van der Waals surface area contributed by atoms with E-state index in [4.69, 9.17) is 10.5 Å². The van der Waals surface area contributed by atoms with Crippen molar-refractivity contribution in [1.82, 2.24) is 10.3 Å². The molecule has 1 aliphatic rings. The van der Waals surface area contributed by atoms with Crippen LogP contribution in [0.4, 0.5) is 0 Å². The number of nitrogens with zero attached hydrogens (tertiary/aromatic N) is 1. The van der Waals surface area contributed by atoms with Gasteiger partial charge in [-0.2, -0.15) is 0 Å². The molecule has 1 aromatic rings. The second-order valence-electron chi connectivity index (χ2n) is 4.13. The predicted octanol–water partition coefficient (Wildman–Crippen LogP) is 0.770. The molecule has 1 aliphatic heterocycles. The van der Waals surface area contributed by atoms with Crippen molar-refractivity contribution in [1.29, 1.82) is 0 Å². The number of nitrogens with one attached hydrogen (secondary N) is 1. The van der Waals surface area contributed by atoms with E-state index in [0.717, 1.165) is 43.4 Å². The Bertz CT molecular complexity index is 310. The van der Waals surface area contributed by atoms with E-state index in [1.54, 1.807) is 11.3 Å². The minimum absolute atomic E-state index is 0.680. The zero-order chi connectivity index (χ0) is 11.2. The van der Waals surface area contributed by atoms with Gasteiger partial charge in [-0.25, -0.2) is 4.98 Å². The molecule has 0 spiro atoms. The Labute approximate surface area is 100 Å². The Hall–Kier alpha value is -0.490. The Balaban J connectivity index is 1.67. The summed E-state index contributed by atoms with van der Waals surface area (Å²) in [5.41, 5.74) is 6.62. The maximum Gasteiger partial charge on any atom is 0.0941 e. The van der Waals surface area contributed by atoms with Crippen LogP contribution < -0.4 is 11.1 Å². The van der Waals surface area contributed by atoms with E-state index in [2.05, 4.69) is 15.7 Å². The van der Waals surface area contributed by atoms with E-state index in [1.807, 2.05) is 0 Å². The van der Waals surface area contributed by atoms with Crippen molar-refractivity contribution in [3.8, 4) is 0 Å². The fourth-order valence-electron chi connectivity index (χ4n) is 1.82. The van der Waals surface area contributed by atoms with E-state index < -0.39 is 0 Å². The number of hydrogen-bond acceptors (Lipinski definition) is 5. The topological polar surface area (TPSA) is 60.2 Å². The number of rotatable bonds is 6. The Morgan fingerprint density at radius 1 is 1.62 bits per heavy atom. The van der Waals surface area contributed by atoms with Crippen LogP contribution in [0.25, 0.3) is 0 Å². The molecule has 1 aromatic heterocycles. The second-order valence-corrected chi connectivity index (χ2v) is 5.07. The Kier molecular flexibility index (Phi) is 4.71. The van der Waals surface area contributed by atoms with E-state index in [-0.39, 0.29) is 0 Å². The predicted molar refractivity (Wildman–Crippen MR) is 65.5 cm³/mol. The summed E-state index contributed by atoms with van der Waals surface area (Å²) in [6.45, 7) is 4.40. The Morgan fingerprint density at radius 2 is 2.56 bits per heavy atom.